The van der Waals surface area contributed by atoms with Gasteiger partial charge in [-0.05, 0) is 6.92 Å². The fourth-order valence-electron chi connectivity index (χ4n) is 1.13. The van der Waals surface area contributed by atoms with Crippen molar-refractivity contribution < 1.29 is 8.42 Å². The van der Waals surface area contributed by atoms with E-state index >= 15 is 0 Å². The maximum absolute atomic E-state index is 12.1. The van der Waals surface area contributed by atoms with Crippen LogP contribution in [0.1, 0.15) is 19.7 Å². The van der Waals surface area contributed by atoms with Crippen molar-refractivity contribution in [3.63, 3.8) is 0 Å². The van der Waals surface area contributed by atoms with Crippen LogP contribution in [0.2, 0.25) is 0 Å². The zero-order chi connectivity index (χ0) is 13.1. The molecule has 1 heterocycles. The van der Waals surface area contributed by atoms with E-state index in [0.717, 1.165) is 0 Å². The minimum atomic E-state index is -3.56. The van der Waals surface area contributed by atoms with Gasteiger partial charge in [0.05, 0.1) is 6.20 Å². The molecule has 0 saturated carbocycles. The van der Waals surface area contributed by atoms with Gasteiger partial charge in [0.2, 0.25) is 0 Å². The van der Waals surface area contributed by atoms with Crippen LogP contribution in [0.5, 0.6) is 0 Å². The van der Waals surface area contributed by atoms with Crippen LogP contribution in [0.25, 0.3) is 0 Å². The summed E-state index contributed by atoms with van der Waals surface area (Å²) >= 11 is 6.59. The van der Waals surface area contributed by atoms with Gasteiger partial charge in [0, 0.05) is 22.6 Å². The van der Waals surface area contributed by atoms with Crippen LogP contribution >= 0.6 is 31.9 Å². The van der Waals surface area contributed by atoms with Crippen molar-refractivity contribution in [1.29, 1.82) is 0 Å². The van der Waals surface area contributed by atoms with Gasteiger partial charge in [-0.2, -0.15) is 0 Å². The Balaban J connectivity index is 2.96. The number of hydrogen-bond donors (Lipinski definition) is 2. The first kappa shape index (κ1) is 15.1. The Morgan fingerprint density at radius 1 is 1.47 bits per heavy atom. The van der Waals surface area contributed by atoms with E-state index in [9.17, 15) is 8.42 Å². The summed E-state index contributed by atoms with van der Waals surface area (Å²) in [6, 6.07) is 0. The molecule has 0 bridgehead atoms. The molecule has 0 saturated heterocycles. The summed E-state index contributed by atoms with van der Waals surface area (Å²) in [4.78, 5) is 6.77. The lowest BCUT2D eigenvalue weighted by molar-refractivity contribution is 0.507. The minimum Gasteiger partial charge on any atom is -0.332 e. The number of aryl methyl sites for hydroxylation is 1. The maximum atomic E-state index is 12.1. The molecule has 0 aliphatic heterocycles. The number of H-pyrrole nitrogens is 1. The summed E-state index contributed by atoms with van der Waals surface area (Å²) < 4.78 is 26.8. The molecule has 0 atom stereocenters. The normalized spacial score (nSPS) is 12.9. The molecule has 1 aromatic heterocycles. The lowest BCUT2D eigenvalue weighted by Crippen LogP contribution is -2.48. The molecule has 17 heavy (non-hydrogen) atoms. The van der Waals surface area contributed by atoms with Crippen LogP contribution in [0.3, 0.4) is 0 Å². The lowest BCUT2D eigenvalue weighted by atomic mass is 10.1. The topological polar surface area (TPSA) is 74.8 Å². The molecule has 98 valence electrons. The highest BCUT2D eigenvalue weighted by Crippen LogP contribution is 2.16. The van der Waals surface area contributed by atoms with Crippen LogP contribution in [-0.2, 0) is 16.4 Å². The van der Waals surface area contributed by atoms with Gasteiger partial charge in [0.25, 0.3) is 10.0 Å². The smallest absolute Gasteiger partial charge is 0.258 e. The minimum absolute atomic E-state index is 0.0995. The molecule has 0 aliphatic rings. The predicted octanol–water partition coefficient (Wildman–Crippen LogP) is 1.80. The molecular formula is C9H15Br2N3O2S. The Hall–Kier alpha value is 0.0800. The predicted molar refractivity (Wildman–Crippen MR) is 74.3 cm³/mol. The molecule has 0 aromatic carbocycles. The highest BCUT2D eigenvalue weighted by molar-refractivity contribution is 9.09. The van der Waals surface area contributed by atoms with Gasteiger partial charge in [-0.15, -0.1) is 0 Å². The number of hydrogen-bond acceptors (Lipinski definition) is 3. The fraction of sp³-hybridized carbons (Fsp3) is 0.667. The summed E-state index contributed by atoms with van der Waals surface area (Å²) in [7, 11) is -3.56. The molecule has 8 heteroatoms. The highest BCUT2D eigenvalue weighted by atomic mass is 79.9. The molecule has 0 aliphatic carbocycles. The number of nitrogens with zero attached hydrogens (tertiary/aromatic N) is 1. The SMILES string of the molecule is CCc1ncc(S(=O)(=O)NC(C)(CBr)CBr)[nH]1. The number of imidazole rings is 1. The first-order valence-electron chi connectivity index (χ1n) is 5.06. The highest BCUT2D eigenvalue weighted by Gasteiger charge is 2.29. The molecule has 2 N–H and O–H groups in total. The van der Waals surface area contributed by atoms with E-state index in [-0.39, 0.29) is 5.03 Å². The van der Waals surface area contributed by atoms with E-state index in [2.05, 4.69) is 46.5 Å². The van der Waals surface area contributed by atoms with Gasteiger partial charge in [-0.1, -0.05) is 38.8 Å². The second-order valence-corrected chi connectivity index (χ2v) is 6.75. The van der Waals surface area contributed by atoms with E-state index in [1.807, 2.05) is 13.8 Å². The Labute approximate surface area is 118 Å². The number of aromatic amines is 1. The lowest BCUT2D eigenvalue weighted by Gasteiger charge is -2.25. The van der Waals surface area contributed by atoms with E-state index in [0.29, 0.717) is 22.9 Å². The summed E-state index contributed by atoms with van der Waals surface area (Å²) in [6.45, 7) is 3.72. The van der Waals surface area contributed by atoms with Gasteiger partial charge in [0.15, 0.2) is 5.03 Å². The van der Waals surface area contributed by atoms with Crippen molar-refractivity contribution in [1.82, 2.24) is 14.7 Å². The molecule has 1 aromatic rings. The summed E-state index contributed by atoms with van der Waals surface area (Å²) in [5, 5.41) is 1.13. The van der Waals surface area contributed by atoms with E-state index in [1.165, 1.54) is 6.20 Å². The number of aromatic nitrogens is 2. The van der Waals surface area contributed by atoms with Crippen LogP contribution in [0.4, 0.5) is 0 Å². The summed E-state index contributed by atoms with van der Waals surface area (Å²) in [5.41, 5.74) is -0.573. The third-order valence-electron chi connectivity index (χ3n) is 2.20. The number of halogens is 2. The Morgan fingerprint density at radius 2 is 2.06 bits per heavy atom. The number of alkyl halides is 2. The average molecular weight is 389 g/mol. The maximum Gasteiger partial charge on any atom is 0.258 e. The zero-order valence-electron chi connectivity index (χ0n) is 9.63. The van der Waals surface area contributed by atoms with Crippen LogP contribution in [0.15, 0.2) is 11.2 Å². The van der Waals surface area contributed by atoms with Gasteiger partial charge in [-0.25, -0.2) is 18.1 Å². The monoisotopic (exact) mass is 387 g/mol. The van der Waals surface area contributed by atoms with Crippen molar-refractivity contribution in [2.45, 2.75) is 30.8 Å². The number of rotatable bonds is 6. The quantitative estimate of drug-likeness (QED) is 0.729. The second kappa shape index (κ2) is 5.81. The molecule has 0 spiro atoms. The second-order valence-electron chi connectivity index (χ2n) is 3.98. The average Bonchev–Trinajstić information content (AvgIpc) is 2.77. The van der Waals surface area contributed by atoms with Crippen molar-refractivity contribution in [2.24, 2.45) is 0 Å². The van der Waals surface area contributed by atoms with Crippen molar-refractivity contribution in [3.8, 4) is 0 Å². The first-order chi connectivity index (χ1) is 7.87. The van der Waals surface area contributed by atoms with E-state index in [4.69, 9.17) is 0 Å². The standard InChI is InChI=1S/C9H15Br2N3O2S/c1-3-7-12-4-8(13-7)17(15,16)14-9(2,5-10)6-11/h4,14H,3,5-6H2,1-2H3,(H,12,13). The zero-order valence-corrected chi connectivity index (χ0v) is 13.6. The van der Waals surface area contributed by atoms with E-state index < -0.39 is 15.6 Å². The molecule has 5 nitrogen and oxygen atoms in total. The van der Waals surface area contributed by atoms with Crippen LogP contribution < -0.4 is 4.72 Å². The number of sulfonamides is 1. The largest absolute Gasteiger partial charge is 0.332 e. The summed E-state index contributed by atoms with van der Waals surface area (Å²) in [6.07, 6.45) is 2.01. The molecule has 0 unspecified atom stereocenters. The molecule has 1 rings (SSSR count). The molecule has 0 radical (unpaired) electrons. The van der Waals surface area contributed by atoms with E-state index in [1.54, 1.807) is 0 Å². The fourth-order valence-corrected chi connectivity index (χ4v) is 4.06. The van der Waals surface area contributed by atoms with Gasteiger partial charge in [0.1, 0.15) is 5.82 Å². The Kier molecular flexibility index (Phi) is 5.18. The van der Waals surface area contributed by atoms with Crippen molar-refractivity contribution in [2.75, 3.05) is 10.7 Å². The Bertz CT molecular complexity index is 468. The van der Waals surface area contributed by atoms with Gasteiger partial charge >= 0.3 is 0 Å². The van der Waals surface area contributed by atoms with Gasteiger partial charge in [-0.3, -0.25) is 0 Å². The third kappa shape index (κ3) is 3.77. The number of nitrogens with one attached hydrogen (secondary N) is 2. The molecule has 0 fully saturated rings. The van der Waals surface area contributed by atoms with Gasteiger partial charge < -0.3 is 4.98 Å². The molecule has 0 amide bonds. The Morgan fingerprint density at radius 3 is 2.47 bits per heavy atom. The van der Waals surface area contributed by atoms with Crippen molar-refractivity contribution >= 4 is 41.9 Å². The summed E-state index contributed by atoms with van der Waals surface area (Å²) in [5.74, 6) is 0.657. The third-order valence-corrected chi connectivity index (χ3v) is 6.22. The van der Waals surface area contributed by atoms with Crippen LogP contribution in [-0.4, -0.2) is 34.6 Å². The van der Waals surface area contributed by atoms with Crippen LogP contribution in [0, 0.1) is 0 Å². The van der Waals surface area contributed by atoms with Crippen molar-refractivity contribution in [3.05, 3.63) is 12.0 Å². The first-order valence-corrected chi connectivity index (χ1v) is 8.79. The molecular weight excluding hydrogens is 374 g/mol.